The van der Waals surface area contributed by atoms with Crippen molar-refractivity contribution in [1.82, 2.24) is 9.88 Å². The summed E-state index contributed by atoms with van der Waals surface area (Å²) >= 11 is 0. The molecule has 8 aromatic carbocycles. The van der Waals surface area contributed by atoms with E-state index in [2.05, 4.69) is 235 Å². The molecule has 4 nitrogen and oxygen atoms in total. The Balaban J connectivity index is 1.05. The first kappa shape index (κ1) is 35.3. The van der Waals surface area contributed by atoms with E-state index >= 15 is 0 Å². The number of aliphatic imine (C=N–C) groups is 1. The van der Waals surface area contributed by atoms with Crippen molar-refractivity contribution in [3.63, 3.8) is 0 Å². The van der Waals surface area contributed by atoms with Gasteiger partial charge in [0.1, 0.15) is 6.17 Å². The molecule has 0 saturated carbocycles. The lowest BCUT2D eigenvalue weighted by Gasteiger charge is -2.29. The highest BCUT2D eigenvalue weighted by Crippen LogP contribution is 2.55. The van der Waals surface area contributed by atoms with Gasteiger partial charge in [0.15, 0.2) is 0 Å². The summed E-state index contributed by atoms with van der Waals surface area (Å²) in [5, 5.41) is 5.03. The van der Waals surface area contributed by atoms with Crippen molar-refractivity contribution in [2.24, 2.45) is 4.99 Å². The maximum Gasteiger partial charge on any atom is 0.145 e. The molecule has 0 radical (unpaired) electrons. The largest absolute Gasteiger partial charge is 0.360 e. The van der Waals surface area contributed by atoms with Crippen LogP contribution in [0.2, 0.25) is 0 Å². The first-order valence-corrected chi connectivity index (χ1v) is 21.2. The van der Waals surface area contributed by atoms with Crippen LogP contribution in [-0.2, 0) is 5.41 Å². The molecule has 1 aliphatic carbocycles. The summed E-state index contributed by atoms with van der Waals surface area (Å²) in [6, 6.07) is 72.7. The third-order valence-electron chi connectivity index (χ3n) is 13.0. The summed E-state index contributed by atoms with van der Waals surface area (Å²) in [6.07, 6.45) is 1.87. The maximum absolute atomic E-state index is 5.35. The summed E-state index contributed by atoms with van der Waals surface area (Å²) in [5.41, 5.74) is 21.1. The first-order valence-electron chi connectivity index (χ1n) is 21.2. The van der Waals surface area contributed by atoms with Crippen LogP contribution in [-0.4, -0.2) is 10.3 Å². The minimum absolute atomic E-state index is 0.120. The molecule has 290 valence electrons. The molecule has 0 fully saturated rings. The number of benzene rings is 8. The molecule has 1 atom stereocenters. The zero-order valence-corrected chi connectivity index (χ0v) is 34.0. The summed E-state index contributed by atoms with van der Waals surface area (Å²) < 4.78 is 2.52. The average Bonchev–Trinajstić information content (AvgIpc) is 3.73. The van der Waals surface area contributed by atoms with Gasteiger partial charge in [-0.25, -0.2) is 0 Å². The summed E-state index contributed by atoms with van der Waals surface area (Å²) in [6.45, 7) is 4.73. The minimum Gasteiger partial charge on any atom is -0.360 e. The van der Waals surface area contributed by atoms with Crippen molar-refractivity contribution >= 4 is 39.4 Å². The number of para-hydroxylation sites is 3. The minimum atomic E-state index is -0.298. The summed E-state index contributed by atoms with van der Waals surface area (Å²) in [7, 11) is 0. The van der Waals surface area contributed by atoms with Gasteiger partial charge in [-0.1, -0.05) is 172 Å². The highest BCUT2D eigenvalue weighted by atomic mass is 15.2. The topological polar surface area (TPSA) is 32.6 Å². The van der Waals surface area contributed by atoms with Gasteiger partial charge >= 0.3 is 0 Å². The molecule has 9 aromatic rings. The number of hydrogen-bond donors (Lipinski definition) is 1. The number of anilines is 3. The third kappa shape index (κ3) is 5.49. The van der Waals surface area contributed by atoms with Gasteiger partial charge in [-0.3, -0.25) is 4.99 Å². The Kier molecular flexibility index (Phi) is 7.91. The van der Waals surface area contributed by atoms with Gasteiger partial charge in [0, 0.05) is 44.6 Å². The molecule has 1 aromatic heterocycles. The number of fused-ring (bicyclic) bond motifs is 10. The van der Waals surface area contributed by atoms with E-state index in [-0.39, 0.29) is 11.6 Å². The second kappa shape index (κ2) is 13.7. The predicted molar refractivity (Wildman–Crippen MR) is 253 cm³/mol. The molecule has 4 heteroatoms. The van der Waals surface area contributed by atoms with E-state index in [1.165, 1.54) is 55.5 Å². The standard InChI is InChI=1S/C57H42N4/c1-57(2)47-28-13-9-24-42(47)43-33-32-41(35-48(43)57)61-52-30-15-11-26-45(52)54-44-25-10-14-29-51(44)60(53-31-16-12-27-46(53)55(54)61)40-23-17-22-39(34-40)56-58-49(37-18-5-3-6-19-37)36-50(59-56)38-20-7-4-8-21-38/h3-36,56,58H,1-2H3. The molecular formula is C57H42N4. The van der Waals surface area contributed by atoms with E-state index in [0.29, 0.717) is 0 Å². The molecule has 0 amide bonds. The Labute approximate surface area is 356 Å². The molecule has 1 N–H and O–H groups in total. The molecule has 12 rings (SSSR count). The van der Waals surface area contributed by atoms with Crippen molar-refractivity contribution in [2.75, 3.05) is 4.90 Å². The van der Waals surface area contributed by atoms with Gasteiger partial charge in [0.2, 0.25) is 0 Å². The van der Waals surface area contributed by atoms with Gasteiger partial charge in [0.05, 0.1) is 28.3 Å². The zero-order chi connectivity index (χ0) is 40.7. The third-order valence-corrected chi connectivity index (χ3v) is 13.0. The van der Waals surface area contributed by atoms with Crippen molar-refractivity contribution in [1.29, 1.82) is 0 Å². The SMILES string of the molecule is CC1(C)c2ccccc2-c2ccc(-n3c4c(c5ccccc53)-c3ccccc3N(c3cccc(C5N=C(c6ccccc6)C=C(c6ccccc6)N5)c3)c3ccccc3-4)cc21. The van der Waals surface area contributed by atoms with E-state index in [0.717, 1.165) is 50.8 Å². The van der Waals surface area contributed by atoms with Crippen LogP contribution in [0.5, 0.6) is 0 Å². The van der Waals surface area contributed by atoms with Crippen LogP contribution in [0.15, 0.2) is 211 Å². The fraction of sp³-hybridized carbons (Fsp3) is 0.0702. The van der Waals surface area contributed by atoms with E-state index in [1.807, 2.05) is 0 Å². The first-order chi connectivity index (χ1) is 30.0. The monoisotopic (exact) mass is 782 g/mol. The van der Waals surface area contributed by atoms with Crippen LogP contribution in [0.3, 0.4) is 0 Å². The lowest BCUT2D eigenvalue weighted by molar-refractivity contribution is 0.660. The fourth-order valence-corrected chi connectivity index (χ4v) is 10.1. The van der Waals surface area contributed by atoms with Gasteiger partial charge in [-0.05, 0) is 87.5 Å². The Morgan fingerprint density at radius 1 is 0.508 bits per heavy atom. The normalized spacial score (nSPS) is 15.6. The lowest BCUT2D eigenvalue weighted by Crippen LogP contribution is -2.25. The fourth-order valence-electron chi connectivity index (χ4n) is 10.1. The van der Waals surface area contributed by atoms with Crippen LogP contribution in [0.1, 0.15) is 47.8 Å². The van der Waals surface area contributed by atoms with Crippen LogP contribution in [0.25, 0.3) is 55.8 Å². The molecule has 0 spiro atoms. The smallest absolute Gasteiger partial charge is 0.145 e. The van der Waals surface area contributed by atoms with Gasteiger partial charge in [-0.15, -0.1) is 0 Å². The van der Waals surface area contributed by atoms with Crippen LogP contribution in [0, 0.1) is 0 Å². The van der Waals surface area contributed by atoms with Crippen molar-refractivity contribution in [3.05, 3.63) is 234 Å². The summed E-state index contributed by atoms with van der Waals surface area (Å²) in [5.74, 6) is 0. The summed E-state index contributed by atoms with van der Waals surface area (Å²) in [4.78, 5) is 7.80. The molecule has 61 heavy (non-hydrogen) atoms. The van der Waals surface area contributed by atoms with Crippen LogP contribution in [0.4, 0.5) is 17.1 Å². The molecule has 0 saturated heterocycles. The van der Waals surface area contributed by atoms with Crippen LogP contribution < -0.4 is 10.2 Å². The Hall–Kier alpha value is -7.69. The van der Waals surface area contributed by atoms with E-state index in [9.17, 15) is 0 Å². The van der Waals surface area contributed by atoms with Crippen LogP contribution >= 0.6 is 0 Å². The van der Waals surface area contributed by atoms with Gasteiger partial charge in [0.25, 0.3) is 0 Å². The molecular weight excluding hydrogens is 741 g/mol. The zero-order valence-electron chi connectivity index (χ0n) is 34.0. The highest BCUT2D eigenvalue weighted by Gasteiger charge is 2.37. The molecule has 2 aliphatic heterocycles. The van der Waals surface area contributed by atoms with Crippen molar-refractivity contribution < 1.29 is 0 Å². The van der Waals surface area contributed by atoms with Crippen molar-refractivity contribution in [3.8, 4) is 39.2 Å². The lowest BCUT2D eigenvalue weighted by atomic mass is 9.82. The Bertz CT molecular complexity index is 3260. The van der Waals surface area contributed by atoms with E-state index < -0.39 is 0 Å². The molecule has 3 heterocycles. The second-order valence-electron chi connectivity index (χ2n) is 16.8. The number of nitrogens with one attached hydrogen (secondary N) is 1. The van der Waals surface area contributed by atoms with E-state index in [4.69, 9.17) is 4.99 Å². The van der Waals surface area contributed by atoms with Gasteiger partial charge < -0.3 is 14.8 Å². The quantitative estimate of drug-likeness (QED) is 0.189. The molecule has 3 aliphatic rings. The average molecular weight is 783 g/mol. The maximum atomic E-state index is 5.35. The molecule has 0 bridgehead atoms. The number of aromatic nitrogens is 1. The van der Waals surface area contributed by atoms with E-state index in [1.54, 1.807) is 0 Å². The number of nitrogens with zero attached hydrogens (tertiary/aromatic N) is 3. The number of hydrogen-bond acceptors (Lipinski definition) is 3. The predicted octanol–water partition coefficient (Wildman–Crippen LogP) is 14.2. The number of rotatable bonds is 5. The Morgan fingerprint density at radius 3 is 1.95 bits per heavy atom. The highest BCUT2D eigenvalue weighted by molar-refractivity contribution is 6.14. The van der Waals surface area contributed by atoms with Gasteiger partial charge in [-0.2, -0.15) is 0 Å². The van der Waals surface area contributed by atoms with Crippen molar-refractivity contribution in [2.45, 2.75) is 25.4 Å². The Morgan fingerprint density at radius 2 is 1.15 bits per heavy atom. The number of allylic oxidation sites excluding steroid dienone is 1. The molecule has 1 unspecified atom stereocenters. The second-order valence-corrected chi connectivity index (χ2v) is 16.8.